The van der Waals surface area contributed by atoms with Crippen LogP contribution in [0, 0.1) is 0 Å². The first-order valence-corrected chi connectivity index (χ1v) is 9.34. The van der Waals surface area contributed by atoms with Crippen molar-refractivity contribution in [1.82, 2.24) is 4.98 Å². The largest absolute Gasteiger partial charge is 0.461 e. The molecule has 5 heteroatoms. The molecule has 0 aliphatic rings. The van der Waals surface area contributed by atoms with Crippen LogP contribution in [0.2, 0.25) is 0 Å². The van der Waals surface area contributed by atoms with E-state index in [0.29, 0.717) is 11.1 Å². The maximum atomic E-state index is 12.5. The van der Waals surface area contributed by atoms with Crippen LogP contribution in [0.1, 0.15) is 11.1 Å². The van der Waals surface area contributed by atoms with Gasteiger partial charge in [-0.3, -0.25) is 4.79 Å². The monoisotopic (exact) mass is 383 g/mol. The number of aromatic nitrogens is 1. The van der Waals surface area contributed by atoms with Crippen molar-refractivity contribution in [3.8, 4) is 0 Å². The van der Waals surface area contributed by atoms with Crippen molar-refractivity contribution < 1.29 is 13.9 Å². The molecule has 0 unspecified atom stereocenters. The standard InChI is InChI=1S/C24H17NO4/c26-22(11-16-13-25-20-8-4-3-6-18(16)20)28-14-17-12-23(27)29-21-10-9-15-5-1-2-7-19(15)24(17)21/h1-10,12-13,25H,11,14H2. The van der Waals surface area contributed by atoms with Gasteiger partial charge in [0.1, 0.15) is 12.2 Å². The zero-order valence-corrected chi connectivity index (χ0v) is 15.5. The van der Waals surface area contributed by atoms with Gasteiger partial charge in [0, 0.05) is 34.1 Å². The fourth-order valence-corrected chi connectivity index (χ4v) is 3.78. The maximum Gasteiger partial charge on any atom is 0.336 e. The molecule has 0 saturated heterocycles. The molecule has 0 atom stereocenters. The molecular weight excluding hydrogens is 366 g/mol. The Balaban J connectivity index is 1.45. The minimum atomic E-state index is -0.463. The Morgan fingerprint density at radius 3 is 2.62 bits per heavy atom. The summed E-state index contributed by atoms with van der Waals surface area (Å²) in [6.45, 7) is 0.0112. The van der Waals surface area contributed by atoms with Crippen molar-refractivity contribution in [2.45, 2.75) is 13.0 Å². The van der Waals surface area contributed by atoms with Crippen LogP contribution in [0.4, 0.5) is 0 Å². The number of esters is 1. The van der Waals surface area contributed by atoms with Crippen LogP contribution in [0.25, 0.3) is 32.6 Å². The smallest absolute Gasteiger partial charge is 0.336 e. The Kier molecular flexibility index (Phi) is 4.13. The SMILES string of the molecule is O=C(Cc1c[nH]c2ccccc12)OCc1cc(=O)oc2ccc3ccccc3c12. The van der Waals surface area contributed by atoms with Crippen molar-refractivity contribution in [3.05, 3.63) is 94.5 Å². The molecule has 0 fully saturated rings. The molecular formula is C24H17NO4. The fourth-order valence-electron chi connectivity index (χ4n) is 3.78. The molecule has 0 radical (unpaired) electrons. The zero-order valence-electron chi connectivity index (χ0n) is 15.5. The second-order valence-electron chi connectivity index (χ2n) is 6.95. The van der Waals surface area contributed by atoms with Gasteiger partial charge in [-0.05, 0) is 28.5 Å². The molecule has 0 saturated carbocycles. The summed E-state index contributed by atoms with van der Waals surface area (Å²) in [4.78, 5) is 27.6. The second kappa shape index (κ2) is 6.95. The Bertz CT molecular complexity index is 1430. The molecule has 0 aliphatic heterocycles. The molecule has 3 aromatic carbocycles. The number of carbonyl (C=O) groups excluding carboxylic acids is 1. The molecule has 0 amide bonds. The Morgan fingerprint density at radius 2 is 1.72 bits per heavy atom. The summed E-state index contributed by atoms with van der Waals surface area (Å²) < 4.78 is 10.9. The molecule has 0 bridgehead atoms. The lowest BCUT2D eigenvalue weighted by atomic mass is 10.0. The summed E-state index contributed by atoms with van der Waals surface area (Å²) in [6.07, 6.45) is 1.98. The van der Waals surface area contributed by atoms with Gasteiger partial charge < -0.3 is 14.1 Å². The number of aromatic amines is 1. The summed E-state index contributed by atoms with van der Waals surface area (Å²) in [5, 5.41) is 3.78. The minimum Gasteiger partial charge on any atom is -0.461 e. The average molecular weight is 383 g/mol. The molecule has 29 heavy (non-hydrogen) atoms. The van der Waals surface area contributed by atoms with Gasteiger partial charge in [-0.25, -0.2) is 4.79 Å². The molecule has 1 N–H and O–H groups in total. The molecule has 2 heterocycles. The first kappa shape index (κ1) is 17.3. The molecule has 2 aromatic heterocycles. The Morgan fingerprint density at radius 1 is 0.931 bits per heavy atom. The van der Waals surface area contributed by atoms with Gasteiger partial charge in [-0.2, -0.15) is 0 Å². The van der Waals surface area contributed by atoms with E-state index in [1.54, 1.807) is 6.07 Å². The van der Waals surface area contributed by atoms with Gasteiger partial charge in [0.2, 0.25) is 0 Å². The van der Waals surface area contributed by atoms with Crippen LogP contribution in [0.5, 0.6) is 0 Å². The van der Waals surface area contributed by atoms with E-state index in [4.69, 9.17) is 9.15 Å². The third kappa shape index (κ3) is 3.17. The maximum absolute atomic E-state index is 12.5. The second-order valence-corrected chi connectivity index (χ2v) is 6.95. The summed E-state index contributed by atoms with van der Waals surface area (Å²) >= 11 is 0. The highest BCUT2D eigenvalue weighted by atomic mass is 16.5. The van der Waals surface area contributed by atoms with E-state index in [-0.39, 0.29) is 19.0 Å². The number of nitrogens with one attached hydrogen (secondary N) is 1. The lowest BCUT2D eigenvalue weighted by molar-refractivity contribution is -0.144. The topological polar surface area (TPSA) is 72.3 Å². The van der Waals surface area contributed by atoms with Gasteiger partial charge in [0.25, 0.3) is 0 Å². The normalized spacial score (nSPS) is 11.3. The predicted molar refractivity (Wildman–Crippen MR) is 112 cm³/mol. The van der Waals surface area contributed by atoms with Crippen LogP contribution in [0.15, 0.2) is 82.1 Å². The molecule has 5 rings (SSSR count). The number of hydrogen-bond donors (Lipinski definition) is 1. The third-order valence-corrected chi connectivity index (χ3v) is 5.11. The number of carbonyl (C=O) groups is 1. The summed E-state index contributed by atoms with van der Waals surface area (Å²) in [5.41, 5.74) is 2.52. The van der Waals surface area contributed by atoms with Crippen LogP contribution < -0.4 is 5.63 Å². The van der Waals surface area contributed by atoms with Gasteiger partial charge >= 0.3 is 11.6 Å². The predicted octanol–water partition coefficient (Wildman–Crippen LogP) is 4.71. The number of fused-ring (bicyclic) bond motifs is 4. The van der Waals surface area contributed by atoms with Gasteiger partial charge in [-0.1, -0.05) is 48.5 Å². The molecule has 142 valence electrons. The van der Waals surface area contributed by atoms with Crippen LogP contribution in [0.3, 0.4) is 0 Å². The van der Waals surface area contributed by atoms with Crippen LogP contribution in [-0.4, -0.2) is 11.0 Å². The average Bonchev–Trinajstić information content (AvgIpc) is 3.14. The Labute approximate surface area is 165 Å². The van der Waals surface area contributed by atoms with E-state index < -0.39 is 5.63 Å². The summed E-state index contributed by atoms with van der Waals surface area (Å²) in [7, 11) is 0. The fraction of sp³-hybridized carbons (Fsp3) is 0.0833. The van der Waals surface area contributed by atoms with E-state index in [2.05, 4.69) is 4.98 Å². The van der Waals surface area contributed by atoms with Crippen molar-refractivity contribution >= 4 is 38.6 Å². The quantitative estimate of drug-likeness (QED) is 0.277. The van der Waals surface area contributed by atoms with Crippen molar-refractivity contribution in [1.29, 1.82) is 0 Å². The van der Waals surface area contributed by atoms with Crippen LogP contribution >= 0.6 is 0 Å². The molecule has 5 aromatic rings. The van der Waals surface area contributed by atoms with Gasteiger partial charge in [0.15, 0.2) is 0 Å². The lowest BCUT2D eigenvalue weighted by Gasteiger charge is -2.09. The highest BCUT2D eigenvalue weighted by molar-refractivity contribution is 6.07. The Hall–Kier alpha value is -3.86. The van der Waals surface area contributed by atoms with E-state index in [0.717, 1.165) is 32.6 Å². The first-order chi connectivity index (χ1) is 14.2. The summed E-state index contributed by atoms with van der Waals surface area (Å²) in [6, 6.07) is 20.7. The number of hydrogen-bond acceptors (Lipinski definition) is 4. The van der Waals surface area contributed by atoms with Crippen molar-refractivity contribution in [3.63, 3.8) is 0 Å². The number of rotatable bonds is 4. The molecule has 0 spiro atoms. The van der Waals surface area contributed by atoms with Gasteiger partial charge in [-0.15, -0.1) is 0 Å². The van der Waals surface area contributed by atoms with E-state index >= 15 is 0 Å². The zero-order chi connectivity index (χ0) is 19.8. The first-order valence-electron chi connectivity index (χ1n) is 9.34. The van der Waals surface area contributed by atoms with E-state index in [9.17, 15) is 9.59 Å². The number of H-pyrrole nitrogens is 1. The third-order valence-electron chi connectivity index (χ3n) is 5.11. The minimum absolute atomic E-state index is 0.0112. The summed E-state index contributed by atoms with van der Waals surface area (Å²) in [5.74, 6) is -0.351. The highest BCUT2D eigenvalue weighted by Crippen LogP contribution is 2.28. The number of para-hydroxylation sites is 1. The lowest BCUT2D eigenvalue weighted by Crippen LogP contribution is -2.10. The number of ether oxygens (including phenoxy) is 1. The van der Waals surface area contributed by atoms with Crippen LogP contribution in [-0.2, 0) is 22.6 Å². The van der Waals surface area contributed by atoms with Crippen molar-refractivity contribution in [2.75, 3.05) is 0 Å². The number of benzene rings is 3. The van der Waals surface area contributed by atoms with Gasteiger partial charge in [0.05, 0.1) is 6.42 Å². The highest BCUT2D eigenvalue weighted by Gasteiger charge is 2.13. The van der Waals surface area contributed by atoms with Crippen molar-refractivity contribution in [2.24, 2.45) is 0 Å². The van der Waals surface area contributed by atoms with E-state index in [1.807, 2.05) is 60.8 Å². The van der Waals surface area contributed by atoms with E-state index in [1.165, 1.54) is 6.07 Å². The molecule has 5 nitrogen and oxygen atoms in total. The molecule has 0 aliphatic carbocycles.